The summed E-state index contributed by atoms with van der Waals surface area (Å²) in [7, 11) is 0. The molecule has 0 saturated heterocycles. The van der Waals surface area contributed by atoms with E-state index in [2.05, 4.69) is 0 Å². The fourth-order valence-electron chi connectivity index (χ4n) is 3.43. The molecule has 0 heterocycles. The summed E-state index contributed by atoms with van der Waals surface area (Å²) < 4.78 is 13.5. The average molecular weight is 218 g/mol. The molecule has 3 atom stereocenters. The van der Waals surface area contributed by atoms with Crippen LogP contribution in [0.5, 0.6) is 0 Å². The highest BCUT2D eigenvalue weighted by Gasteiger charge is 2.43. The molecule has 2 fully saturated rings. The molecule has 1 nitrogen and oxygen atoms in total. The molecule has 0 unspecified atom stereocenters. The maximum atomic E-state index is 13.5. The van der Waals surface area contributed by atoms with Crippen LogP contribution in [0.3, 0.4) is 0 Å². The van der Waals surface area contributed by atoms with Gasteiger partial charge in [-0.2, -0.15) is 0 Å². The Bertz CT molecular complexity index is 426. The summed E-state index contributed by atoms with van der Waals surface area (Å²) in [6.07, 6.45) is 4.60. The second-order valence-corrected chi connectivity index (χ2v) is 5.13. The monoisotopic (exact) mass is 218 g/mol. The molecule has 0 aromatic heterocycles. The first kappa shape index (κ1) is 10.0. The Morgan fingerprint density at radius 2 is 2.00 bits per heavy atom. The van der Waals surface area contributed by atoms with E-state index in [9.17, 15) is 9.18 Å². The van der Waals surface area contributed by atoms with E-state index in [0.717, 1.165) is 18.8 Å². The van der Waals surface area contributed by atoms with Gasteiger partial charge in [0.2, 0.25) is 0 Å². The number of Topliss-reactive ketones (excluding diaryl/α,β-unsaturated/α-hetero) is 1. The minimum Gasteiger partial charge on any atom is -0.294 e. The number of rotatable bonds is 2. The van der Waals surface area contributed by atoms with Crippen LogP contribution in [-0.4, -0.2) is 5.78 Å². The van der Waals surface area contributed by atoms with Crippen molar-refractivity contribution in [3.63, 3.8) is 0 Å². The number of benzene rings is 1. The smallest absolute Gasteiger partial charge is 0.169 e. The van der Waals surface area contributed by atoms with Gasteiger partial charge in [-0.25, -0.2) is 4.39 Å². The first-order valence-corrected chi connectivity index (χ1v) is 6.04. The first-order valence-electron chi connectivity index (χ1n) is 6.04. The molecule has 3 rings (SSSR count). The highest BCUT2D eigenvalue weighted by Crippen LogP contribution is 2.49. The highest BCUT2D eigenvalue weighted by atomic mass is 19.1. The van der Waals surface area contributed by atoms with E-state index in [0.29, 0.717) is 11.5 Å². The molecule has 2 saturated carbocycles. The van der Waals surface area contributed by atoms with Gasteiger partial charge in [-0.05, 0) is 43.2 Å². The van der Waals surface area contributed by atoms with Gasteiger partial charge in [-0.3, -0.25) is 4.79 Å². The van der Waals surface area contributed by atoms with Crippen molar-refractivity contribution >= 4 is 5.78 Å². The van der Waals surface area contributed by atoms with Crippen molar-refractivity contribution in [1.82, 2.24) is 0 Å². The van der Waals surface area contributed by atoms with Crippen LogP contribution in [0.25, 0.3) is 0 Å². The van der Waals surface area contributed by atoms with Crippen LogP contribution in [0.1, 0.15) is 36.0 Å². The Morgan fingerprint density at radius 3 is 2.62 bits per heavy atom. The lowest BCUT2D eigenvalue weighted by Crippen LogP contribution is -2.21. The topological polar surface area (TPSA) is 17.1 Å². The van der Waals surface area contributed by atoms with E-state index in [4.69, 9.17) is 0 Å². The molecule has 2 bridgehead atoms. The Kier molecular flexibility index (Phi) is 2.31. The van der Waals surface area contributed by atoms with Gasteiger partial charge in [0.15, 0.2) is 5.78 Å². The van der Waals surface area contributed by atoms with Crippen molar-refractivity contribution in [2.75, 3.05) is 0 Å². The molecule has 2 heteroatoms. The molecule has 84 valence electrons. The third-order valence-corrected chi connectivity index (χ3v) is 4.21. The van der Waals surface area contributed by atoms with Gasteiger partial charge in [0.25, 0.3) is 0 Å². The van der Waals surface area contributed by atoms with E-state index < -0.39 is 0 Å². The summed E-state index contributed by atoms with van der Waals surface area (Å²) in [5, 5.41) is 0. The van der Waals surface area contributed by atoms with E-state index in [1.165, 1.54) is 18.9 Å². The molecule has 0 amide bonds. The fourth-order valence-corrected chi connectivity index (χ4v) is 3.43. The van der Waals surface area contributed by atoms with E-state index >= 15 is 0 Å². The molecular formula is C14H15FO. The SMILES string of the molecule is O=C(c1ccccc1F)[C@@H]1C[C@H]2CC[C@@H]1C2. The molecule has 0 N–H and O–H groups in total. The number of ketones is 1. The molecule has 0 radical (unpaired) electrons. The van der Waals surface area contributed by atoms with Crippen molar-refractivity contribution in [3.05, 3.63) is 35.6 Å². The van der Waals surface area contributed by atoms with Crippen molar-refractivity contribution < 1.29 is 9.18 Å². The largest absolute Gasteiger partial charge is 0.294 e. The van der Waals surface area contributed by atoms with Crippen LogP contribution >= 0.6 is 0 Å². The standard InChI is InChI=1S/C14H15FO/c15-13-4-2-1-3-11(13)14(16)12-8-9-5-6-10(12)7-9/h1-4,9-10,12H,5-8H2/t9-,10+,12+/m0/s1. The lowest BCUT2D eigenvalue weighted by Gasteiger charge is -2.20. The maximum absolute atomic E-state index is 13.5. The molecule has 2 aliphatic rings. The van der Waals surface area contributed by atoms with Gasteiger partial charge in [0, 0.05) is 5.92 Å². The van der Waals surface area contributed by atoms with Crippen molar-refractivity contribution in [2.45, 2.75) is 25.7 Å². The van der Waals surface area contributed by atoms with Crippen LogP contribution < -0.4 is 0 Å². The maximum Gasteiger partial charge on any atom is 0.169 e. The van der Waals surface area contributed by atoms with Crippen molar-refractivity contribution in [2.24, 2.45) is 17.8 Å². The summed E-state index contributed by atoms with van der Waals surface area (Å²) in [5.74, 6) is 1.01. The summed E-state index contributed by atoms with van der Waals surface area (Å²) >= 11 is 0. The number of carbonyl (C=O) groups is 1. The zero-order valence-corrected chi connectivity index (χ0v) is 9.16. The van der Waals surface area contributed by atoms with Gasteiger partial charge < -0.3 is 0 Å². The van der Waals surface area contributed by atoms with Gasteiger partial charge in [-0.15, -0.1) is 0 Å². The zero-order chi connectivity index (χ0) is 11.1. The number of carbonyl (C=O) groups excluding carboxylic acids is 1. The van der Waals surface area contributed by atoms with Gasteiger partial charge in [0.05, 0.1) is 5.56 Å². The zero-order valence-electron chi connectivity index (χ0n) is 9.16. The fraction of sp³-hybridized carbons (Fsp3) is 0.500. The first-order chi connectivity index (χ1) is 7.75. The van der Waals surface area contributed by atoms with Crippen molar-refractivity contribution in [3.8, 4) is 0 Å². The van der Waals surface area contributed by atoms with Gasteiger partial charge in [-0.1, -0.05) is 18.6 Å². The van der Waals surface area contributed by atoms with E-state index in [1.54, 1.807) is 18.2 Å². The predicted molar refractivity (Wildman–Crippen MR) is 59.7 cm³/mol. The Labute approximate surface area is 94.7 Å². The van der Waals surface area contributed by atoms with Gasteiger partial charge >= 0.3 is 0 Å². The highest BCUT2D eigenvalue weighted by molar-refractivity contribution is 5.98. The van der Waals surface area contributed by atoms with E-state index in [1.807, 2.05) is 0 Å². The Morgan fingerprint density at radius 1 is 1.19 bits per heavy atom. The average Bonchev–Trinajstić information content (AvgIpc) is 2.90. The lowest BCUT2D eigenvalue weighted by molar-refractivity contribution is 0.0870. The summed E-state index contributed by atoms with van der Waals surface area (Å²) in [6.45, 7) is 0. The normalized spacial score (nSPS) is 31.9. The minimum atomic E-state index is -0.365. The second-order valence-electron chi connectivity index (χ2n) is 5.13. The second kappa shape index (κ2) is 3.69. The molecule has 16 heavy (non-hydrogen) atoms. The molecule has 0 spiro atoms. The predicted octanol–water partition coefficient (Wildman–Crippen LogP) is 3.44. The molecule has 2 aliphatic carbocycles. The number of fused-ring (bicyclic) bond motifs is 2. The summed E-state index contributed by atoms with van der Waals surface area (Å²) in [6, 6.07) is 6.36. The van der Waals surface area contributed by atoms with Crippen LogP contribution in [-0.2, 0) is 0 Å². The molecule has 0 aliphatic heterocycles. The molecule has 1 aromatic rings. The van der Waals surface area contributed by atoms with Crippen molar-refractivity contribution in [1.29, 1.82) is 0 Å². The van der Waals surface area contributed by atoms with Gasteiger partial charge in [0.1, 0.15) is 5.82 Å². The molecule has 1 aromatic carbocycles. The van der Waals surface area contributed by atoms with Crippen LogP contribution in [0, 0.1) is 23.6 Å². The van der Waals surface area contributed by atoms with Crippen LogP contribution in [0.4, 0.5) is 4.39 Å². The summed E-state index contributed by atoms with van der Waals surface area (Å²) in [4.78, 5) is 12.2. The third-order valence-electron chi connectivity index (χ3n) is 4.21. The van der Waals surface area contributed by atoms with E-state index in [-0.39, 0.29) is 17.5 Å². The summed E-state index contributed by atoms with van der Waals surface area (Å²) in [5.41, 5.74) is 0.292. The Balaban J connectivity index is 1.86. The van der Waals surface area contributed by atoms with Crippen LogP contribution in [0.15, 0.2) is 24.3 Å². The Hall–Kier alpha value is -1.18. The number of hydrogen-bond acceptors (Lipinski definition) is 1. The lowest BCUT2D eigenvalue weighted by atomic mass is 9.83. The third kappa shape index (κ3) is 1.48. The number of halogens is 1. The quantitative estimate of drug-likeness (QED) is 0.695. The van der Waals surface area contributed by atoms with Crippen LogP contribution in [0.2, 0.25) is 0 Å². The molecular weight excluding hydrogens is 203 g/mol. The minimum absolute atomic E-state index is 0.0327. The number of hydrogen-bond donors (Lipinski definition) is 0.